The van der Waals surface area contributed by atoms with Gasteiger partial charge in [0, 0.05) is 17.1 Å². The van der Waals surface area contributed by atoms with E-state index in [9.17, 15) is 4.79 Å². The first-order valence-electron chi connectivity index (χ1n) is 6.63. The molecular formula is C16H14N2O3S. The second kappa shape index (κ2) is 6.03. The quantitative estimate of drug-likeness (QED) is 0.791. The molecule has 3 rings (SSSR count). The molecule has 0 saturated heterocycles. The molecule has 0 radical (unpaired) electrons. The smallest absolute Gasteiger partial charge is 0.291 e. The Hall–Kier alpha value is -2.60. The number of aryl methyl sites for hydroxylation is 1. The number of ether oxygens (including phenoxy) is 1. The first-order valence-corrected chi connectivity index (χ1v) is 7.51. The lowest BCUT2D eigenvalue weighted by Gasteiger charge is -2.05. The molecule has 0 aliphatic heterocycles. The summed E-state index contributed by atoms with van der Waals surface area (Å²) in [5.74, 6) is 1.19. The topological polar surface area (TPSA) is 64.4 Å². The van der Waals surface area contributed by atoms with E-state index in [1.54, 1.807) is 37.4 Å². The maximum atomic E-state index is 12.2. The second-order valence-corrected chi connectivity index (χ2v) is 5.66. The predicted molar refractivity (Wildman–Crippen MR) is 85.5 cm³/mol. The minimum atomic E-state index is -0.313. The Balaban J connectivity index is 1.76. The lowest BCUT2D eigenvalue weighted by Crippen LogP contribution is -2.10. The van der Waals surface area contributed by atoms with Crippen molar-refractivity contribution in [3.8, 4) is 17.2 Å². The molecule has 0 spiro atoms. The van der Waals surface area contributed by atoms with Gasteiger partial charge in [0.15, 0.2) is 11.5 Å². The number of hydrogen-bond donors (Lipinski definition) is 1. The molecule has 0 saturated carbocycles. The SMILES string of the molecule is COc1cccc(NC(=O)c2ccc(-c3csc(C)n3)o2)c1. The first-order chi connectivity index (χ1) is 10.7. The van der Waals surface area contributed by atoms with Gasteiger partial charge in [-0.1, -0.05) is 6.07 Å². The van der Waals surface area contributed by atoms with Crippen LogP contribution in [0.1, 0.15) is 15.6 Å². The molecule has 1 N–H and O–H groups in total. The molecule has 0 fully saturated rings. The monoisotopic (exact) mass is 314 g/mol. The third-order valence-electron chi connectivity index (χ3n) is 3.03. The van der Waals surface area contributed by atoms with Gasteiger partial charge in [0.05, 0.1) is 12.1 Å². The zero-order valence-corrected chi connectivity index (χ0v) is 12.9. The number of methoxy groups -OCH3 is 1. The van der Waals surface area contributed by atoms with Crippen molar-refractivity contribution < 1.29 is 13.9 Å². The Labute approximate surface area is 131 Å². The molecule has 1 aromatic carbocycles. The summed E-state index contributed by atoms with van der Waals surface area (Å²) < 4.78 is 10.7. The minimum Gasteiger partial charge on any atom is -0.497 e. The summed E-state index contributed by atoms with van der Waals surface area (Å²) in [4.78, 5) is 16.5. The van der Waals surface area contributed by atoms with Gasteiger partial charge >= 0.3 is 0 Å². The number of amides is 1. The first kappa shape index (κ1) is 14.3. The van der Waals surface area contributed by atoms with Crippen LogP contribution in [0.25, 0.3) is 11.5 Å². The number of nitrogens with zero attached hydrogens (tertiary/aromatic N) is 1. The number of carbonyl (C=O) groups excluding carboxylic acids is 1. The van der Waals surface area contributed by atoms with Crippen molar-refractivity contribution in [1.82, 2.24) is 4.98 Å². The number of carbonyl (C=O) groups is 1. The molecule has 0 aliphatic carbocycles. The highest BCUT2D eigenvalue weighted by Crippen LogP contribution is 2.24. The third-order valence-corrected chi connectivity index (χ3v) is 3.80. The number of rotatable bonds is 4. The molecule has 1 amide bonds. The van der Waals surface area contributed by atoms with Crippen LogP contribution in [0.4, 0.5) is 5.69 Å². The number of anilines is 1. The van der Waals surface area contributed by atoms with Crippen LogP contribution < -0.4 is 10.1 Å². The zero-order valence-electron chi connectivity index (χ0n) is 12.1. The standard InChI is InChI=1S/C16H14N2O3S/c1-10-17-13(9-22-10)14-6-7-15(21-14)16(19)18-11-4-3-5-12(8-11)20-2/h3-9H,1-2H3,(H,18,19). The Morgan fingerprint density at radius 1 is 1.32 bits per heavy atom. The van der Waals surface area contributed by atoms with Crippen LogP contribution in [0, 0.1) is 6.92 Å². The number of nitrogens with one attached hydrogen (secondary N) is 1. The highest BCUT2D eigenvalue weighted by molar-refractivity contribution is 7.09. The average molecular weight is 314 g/mol. The molecule has 112 valence electrons. The van der Waals surface area contributed by atoms with Gasteiger partial charge in [-0.2, -0.15) is 0 Å². The maximum Gasteiger partial charge on any atom is 0.291 e. The lowest BCUT2D eigenvalue weighted by molar-refractivity contribution is 0.0997. The van der Waals surface area contributed by atoms with Gasteiger partial charge in [-0.05, 0) is 31.2 Å². The highest BCUT2D eigenvalue weighted by atomic mass is 32.1. The Kier molecular flexibility index (Phi) is 3.93. The van der Waals surface area contributed by atoms with Gasteiger partial charge in [0.2, 0.25) is 0 Å². The summed E-state index contributed by atoms with van der Waals surface area (Å²) in [5, 5.41) is 5.63. The molecule has 2 aromatic heterocycles. The van der Waals surface area contributed by atoms with Crippen molar-refractivity contribution in [3.63, 3.8) is 0 Å². The van der Waals surface area contributed by atoms with E-state index in [4.69, 9.17) is 9.15 Å². The number of thiazole rings is 1. The lowest BCUT2D eigenvalue weighted by atomic mass is 10.3. The predicted octanol–water partition coefficient (Wildman–Crippen LogP) is 3.97. The van der Waals surface area contributed by atoms with Crippen molar-refractivity contribution in [2.75, 3.05) is 12.4 Å². The Morgan fingerprint density at radius 2 is 2.18 bits per heavy atom. The van der Waals surface area contributed by atoms with E-state index in [2.05, 4.69) is 10.3 Å². The molecule has 5 nitrogen and oxygen atoms in total. The van der Waals surface area contributed by atoms with Crippen molar-refractivity contribution in [2.24, 2.45) is 0 Å². The van der Waals surface area contributed by atoms with E-state index >= 15 is 0 Å². The molecule has 6 heteroatoms. The van der Waals surface area contributed by atoms with Crippen LogP contribution >= 0.6 is 11.3 Å². The summed E-state index contributed by atoms with van der Waals surface area (Å²) in [7, 11) is 1.58. The number of furan rings is 1. The van der Waals surface area contributed by atoms with Crippen LogP contribution in [-0.2, 0) is 0 Å². The third kappa shape index (κ3) is 3.01. The van der Waals surface area contributed by atoms with E-state index in [0.29, 0.717) is 17.2 Å². The van der Waals surface area contributed by atoms with Gasteiger partial charge in [-0.25, -0.2) is 4.98 Å². The number of aromatic nitrogens is 1. The van der Waals surface area contributed by atoms with E-state index in [0.717, 1.165) is 10.7 Å². The fourth-order valence-electron chi connectivity index (χ4n) is 1.97. The van der Waals surface area contributed by atoms with Crippen LogP contribution in [0.3, 0.4) is 0 Å². The molecule has 22 heavy (non-hydrogen) atoms. The van der Waals surface area contributed by atoms with Gasteiger partial charge in [-0.15, -0.1) is 11.3 Å². The maximum absolute atomic E-state index is 12.2. The fraction of sp³-hybridized carbons (Fsp3) is 0.125. The molecule has 2 heterocycles. The van der Waals surface area contributed by atoms with E-state index in [1.165, 1.54) is 11.3 Å². The fourth-order valence-corrected chi connectivity index (χ4v) is 2.57. The highest BCUT2D eigenvalue weighted by Gasteiger charge is 2.14. The van der Waals surface area contributed by atoms with Crippen LogP contribution in [0.15, 0.2) is 46.2 Å². The van der Waals surface area contributed by atoms with Gasteiger partial charge in [0.1, 0.15) is 11.4 Å². The Bertz CT molecular complexity index is 807. The Morgan fingerprint density at radius 3 is 2.91 bits per heavy atom. The van der Waals surface area contributed by atoms with Gasteiger partial charge in [0.25, 0.3) is 5.91 Å². The van der Waals surface area contributed by atoms with Crippen LogP contribution in [0.5, 0.6) is 5.75 Å². The van der Waals surface area contributed by atoms with E-state index in [-0.39, 0.29) is 11.7 Å². The van der Waals surface area contributed by atoms with Gasteiger partial charge in [-0.3, -0.25) is 4.79 Å². The van der Waals surface area contributed by atoms with E-state index < -0.39 is 0 Å². The second-order valence-electron chi connectivity index (χ2n) is 4.60. The summed E-state index contributed by atoms with van der Waals surface area (Å²) in [6.45, 7) is 1.92. The summed E-state index contributed by atoms with van der Waals surface area (Å²) in [6.07, 6.45) is 0. The van der Waals surface area contributed by atoms with Crippen molar-refractivity contribution in [1.29, 1.82) is 0 Å². The van der Waals surface area contributed by atoms with Crippen molar-refractivity contribution >= 4 is 22.9 Å². The van der Waals surface area contributed by atoms with Crippen LogP contribution in [-0.4, -0.2) is 18.0 Å². The molecule has 0 bridgehead atoms. The van der Waals surface area contributed by atoms with Crippen LogP contribution in [0.2, 0.25) is 0 Å². The summed E-state index contributed by atoms with van der Waals surface area (Å²) >= 11 is 1.54. The number of benzene rings is 1. The molecule has 0 atom stereocenters. The largest absolute Gasteiger partial charge is 0.497 e. The molecule has 0 aliphatic rings. The van der Waals surface area contributed by atoms with Crippen molar-refractivity contribution in [3.05, 3.63) is 52.5 Å². The minimum absolute atomic E-state index is 0.239. The molecule has 3 aromatic rings. The van der Waals surface area contributed by atoms with Crippen molar-refractivity contribution in [2.45, 2.75) is 6.92 Å². The normalized spacial score (nSPS) is 10.5. The summed E-state index contributed by atoms with van der Waals surface area (Å²) in [5.41, 5.74) is 1.38. The average Bonchev–Trinajstić information content (AvgIpc) is 3.16. The molecular weight excluding hydrogens is 300 g/mol. The van der Waals surface area contributed by atoms with Gasteiger partial charge < -0.3 is 14.5 Å². The zero-order chi connectivity index (χ0) is 15.5. The van der Waals surface area contributed by atoms with E-state index in [1.807, 2.05) is 18.4 Å². The molecule has 0 unspecified atom stereocenters. The summed E-state index contributed by atoms with van der Waals surface area (Å²) in [6, 6.07) is 10.5. The number of hydrogen-bond acceptors (Lipinski definition) is 5.